The number of hydrogen-bond donors (Lipinski definition) is 1. The molecule has 1 amide bonds. The molecule has 126 valence electrons. The molecule has 24 heavy (non-hydrogen) atoms. The van der Waals surface area contributed by atoms with Crippen LogP contribution in [0, 0.1) is 0 Å². The number of carbonyl (C=O) groups excluding carboxylic acids is 1. The highest BCUT2D eigenvalue weighted by atomic mass is 32.2. The lowest BCUT2D eigenvalue weighted by Gasteiger charge is -2.28. The quantitative estimate of drug-likeness (QED) is 0.656. The van der Waals surface area contributed by atoms with Crippen LogP contribution < -0.4 is 4.90 Å². The molecule has 2 heterocycles. The predicted molar refractivity (Wildman–Crippen MR) is 100 cm³/mol. The van der Waals surface area contributed by atoms with Gasteiger partial charge in [0, 0.05) is 18.8 Å². The smallest absolute Gasteiger partial charge is 0.323 e. The maximum atomic E-state index is 12.2. The number of hydrogen-bond acceptors (Lipinski definition) is 5. The topological polar surface area (TPSA) is 60.9 Å². The molecule has 0 aliphatic carbocycles. The first-order chi connectivity index (χ1) is 11.5. The Bertz CT molecular complexity index is 694. The highest BCUT2D eigenvalue weighted by Gasteiger charge is 2.33. The molecule has 1 N–H and O–H groups in total. The van der Waals surface area contributed by atoms with Gasteiger partial charge in [0.15, 0.2) is 0 Å². The van der Waals surface area contributed by atoms with E-state index in [1.54, 1.807) is 6.08 Å². The number of thiocarbonyl (C=S) groups is 1. The van der Waals surface area contributed by atoms with Crippen molar-refractivity contribution in [2.75, 3.05) is 24.5 Å². The van der Waals surface area contributed by atoms with Gasteiger partial charge in [-0.1, -0.05) is 36.1 Å². The van der Waals surface area contributed by atoms with Gasteiger partial charge in [-0.05, 0) is 43.0 Å². The second-order valence-corrected chi connectivity index (χ2v) is 7.48. The molecule has 7 heteroatoms. The fraction of sp³-hybridized carbons (Fsp3) is 0.353. The van der Waals surface area contributed by atoms with Crippen LogP contribution in [0.25, 0.3) is 6.08 Å². The molecule has 0 spiro atoms. The minimum absolute atomic E-state index is 0.290. The van der Waals surface area contributed by atoms with Crippen molar-refractivity contribution >= 4 is 51.9 Å². The van der Waals surface area contributed by atoms with E-state index in [9.17, 15) is 9.59 Å². The Morgan fingerprint density at radius 3 is 2.50 bits per heavy atom. The van der Waals surface area contributed by atoms with Crippen LogP contribution in [0.3, 0.4) is 0 Å². The number of benzene rings is 1. The van der Waals surface area contributed by atoms with Crippen molar-refractivity contribution < 1.29 is 14.7 Å². The monoisotopic (exact) mass is 362 g/mol. The minimum Gasteiger partial charge on any atom is -0.480 e. The van der Waals surface area contributed by atoms with Crippen LogP contribution in [0.15, 0.2) is 29.2 Å². The summed E-state index contributed by atoms with van der Waals surface area (Å²) in [5.74, 6) is -1.41. The number of carboxylic acid groups (broad SMARTS) is 1. The predicted octanol–water partition coefficient (Wildman–Crippen LogP) is 2.96. The zero-order chi connectivity index (χ0) is 17.1. The normalized spacial score (nSPS) is 20.1. The average Bonchev–Trinajstić information content (AvgIpc) is 2.83. The Morgan fingerprint density at radius 1 is 1.21 bits per heavy atom. The molecule has 0 atom stereocenters. The maximum Gasteiger partial charge on any atom is 0.323 e. The summed E-state index contributed by atoms with van der Waals surface area (Å²) in [6.07, 6.45) is 5.52. The van der Waals surface area contributed by atoms with Crippen molar-refractivity contribution in [2.24, 2.45) is 0 Å². The van der Waals surface area contributed by atoms with Crippen molar-refractivity contribution in [1.29, 1.82) is 0 Å². The molecule has 2 aliphatic heterocycles. The van der Waals surface area contributed by atoms with Crippen LogP contribution in [-0.4, -0.2) is 45.8 Å². The summed E-state index contributed by atoms with van der Waals surface area (Å²) in [7, 11) is 0. The molecule has 3 rings (SSSR count). The molecule has 0 bridgehead atoms. The zero-order valence-corrected chi connectivity index (χ0v) is 14.7. The fourth-order valence-electron chi connectivity index (χ4n) is 2.86. The van der Waals surface area contributed by atoms with E-state index >= 15 is 0 Å². The lowest BCUT2D eigenvalue weighted by molar-refractivity contribution is -0.140. The van der Waals surface area contributed by atoms with Crippen LogP contribution in [0.2, 0.25) is 0 Å². The van der Waals surface area contributed by atoms with Crippen molar-refractivity contribution in [3.8, 4) is 0 Å². The minimum atomic E-state index is -1.07. The number of piperidine rings is 1. The summed E-state index contributed by atoms with van der Waals surface area (Å²) in [6.45, 7) is 1.79. The third-order valence-electron chi connectivity index (χ3n) is 4.08. The Morgan fingerprint density at radius 2 is 1.88 bits per heavy atom. The SMILES string of the molecule is O=C(O)CN1C(=O)C(=Cc2ccc(N3CCCCC3)cc2)SC1=S. The first-order valence-electron chi connectivity index (χ1n) is 7.87. The summed E-state index contributed by atoms with van der Waals surface area (Å²) in [6, 6.07) is 8.09. The highest BCUT2D eigenvalue weighted by molar-refractivity contribution is 8.26. The molecule has 5 nitrogen and oxygen atoms in total. The van der Waals surface area contributed by atoms with Crippen molar-refractivity contribution in [2.45, 2.75) is 19.3 Å². The molecule has 2 aliphatic rings. The van der Waals surface area contributed by atoms with Crippen LogP contribution in [0.5, 0.6) is 0 Å². The van der Waals surface area contributed by atoms with Gasteiger partial charge in [0.2, 0.25) is 0 Å². The Kier molecular flexibility index (Phi) is 5.20. The molecule has 1 aromatic rings. The van der Waals surface area contributed by atoms with Crippen LogP contribution in [0.1, 0.15) is 24.8 Å². The van der Waals surface area contributed by atoms with E-state index in [0.717, 1.165) is 35.3 Å². The number of amides is 1. The van der Waals surface area contributed by atoms with Gasteiger partial charge < -0.3 is 10.0 Å². The van der Waals surface area contributed by atoms with Gasteiger partial charge >= 0.3 is 5.97 Å². The van der Waals surface area contributed by atoms with Crippen molar-refractivity contribution in [3.63, 3.8) is 0 Å². The van der Waals surface area contributed by atoms with Gasteiger partial charge in [-0.2, -0.15) is 0 Å². The molecular weight excluding hydrogens is 344 g/mol. The first kappa shape index (κ1) is 17.0. The second-order valence-electron chi connectivity index (χ2n) is 5.80. The van der Waals surface area contributed by atoms with E-state index < -0.39 is 12.5 Å². The van der Waals surface area contributed by atoms with Gasteiger partial charge in [-0.15, -0.1) is 0 Å². The van der Waals surface area contributed by atoms with E-state index in [0.29, 0.717) is 9.23 Å². The summed E-state index contributed by atoms with van der Waals surface area (Å²) >= 11 is 6.24. The number of nitrogens with zero attached hydrogens (tertiary/aromatic N) is 2. The number of thioether (sulfide) groups is 1. The molecule has 0 saturated carbocycles. The number of rotatable bonds is 4. The summed E-state index contributed by atoms with van der Waals surface area (Å²) in [4.78, 5) is 27.0. The lowest BCUT2D eigenvalue weighted by atomic mass is 10.1. The fourth-order valence-corrected chi connectivity index (χ4v) is 4.11. The second kappa shape index (κ2) is 7.36. The van der Waals surface area contributed by atoms with Gasteiger partial charge in [-0.3, -0.25) is 14.5 Å². The molecule has 0 radical (unpaired) electrons. The van der Waals surface area contributed by atoms with Crippen LogP contribution >= 0.6 is 24.0 Å². The van der Waals surface area contributed by atoms with E-state index in [1.165, 1.54) is 24.9 Å². The largest absolute Gasteiger partial charge is 0.480 e. The van der Waals surface area contributed by atoms with E-state index in [1.807, 2.05) is 12.1 Å². The van der Waals surface area contributed by atoms with E-state index in [4.69, 9.17) is 17.3 Å². The van der Waals surface area contributed by atoms with Crippen LogP contribution in [-0.2, 0) is 9.59 Å². The number of anilines is 1. The number of carboxylic acids is 1. The third-order valence-corrected chi connectivity index (χ3v) is 5.46. The molecule has 2 fully saturated rings. The average molecular weight is 362 g/mol. The molecular formula is C17H18N2O3S2. The standard InChI is InChI=1S/C17H18N2O3S2/c20-15(21)11-19-16(22)14(24-17(19)23)10-12-4-6-13(7-5-12)18-8-2-1-3-9-18/h4-7,10H,1-3,8-9,11H2,(H,20,21). The molecule has 0 unspecified atom stereocenters. The highest BCUT2D eigenvalue weighted by Crippen LogP contribution is 2.32. The maximum absolute atomic E-state index is 12.2. The van der Waals surface area contributed by atoms with Crippen molar-refractivity contribution in [1.82, 2.24) is 4.90 Å². The van der Waals surface area contributed by atoms with Gasteiger partial charge in [0.1, 0.15) is 10.9 Å². The Balaban J connectivity index is 1.73. The van der Waals surface area contributed by atoms with Gasteiger partial charge in [0.05, 0.1) is 4.91 Å². The Hall–Kier alpha value is -1.86. The molecule has 0 aromatic heterocycles. The number of carbonyl (C=O) groups is 2. The lowest BCUT2D eigenvalue weighted by Crippen LogP contribution is -2.33. The molecule has 2 saturated heterocycles. The summed E-state index contributed by atoms with van der Waals surface area (Å²) in [5, 5.41) is 8.85. The first-order valence-corrected chi connectivity index (χ1v) is 9.09. The van der Waals surface area contributed by atoms with E-state index in [2.05, 4.69) is 17.0 Å². The van der Waals surface area contributed by atoms with Crippen LogP contribution in [0.4, 0.5) is 5.69 Å². The van der Waals surface area contributed by atoms with E-state index in [-0.39, 0.29) is 5.91 Å². The van der Waals surface area contributed by atoms with Gasteiger partial charge in [-0.25, -0.2) is 0 Å². The third kappa shape index (κ3) is 3.79. The summed E-state index contributed by atoms with van der Waals surface area (Å²) in [5.41, 5.74) is 2.11. The summed E-state index contributed by atoms with van der Waals surface area (Å²) < 4.78 is 0.290. The Labute approximate surface area is 150 Å². The molecule has 1 aromatic carbocycles. The van der Waals surface area contributed by atoms with Crippen molar-refractivity contribution in [3.05, 3.63) is 34.7 Å². The number of aliphatic carboxylic acids is 1. The van der Waals surface area contributed by atoms with Gasteiger partial charge in [0.25, 0.3) is 5.91 Å². The zero-order valence-electron chi connectivity index (χ0n) is 13.1.